The molecule has 1 N–H and O–H groups in total. The zero-order chi connectivity index (χ0) is 14.7. The van der Waals surface area contributed by atoms with Crippen molar-refractivity contribution < 1.29 is 9.30 Å². The van der Waals surface area contributed by atoms with Crippen molar-refractivity contribution in [2.75, 3.05) is 0 Å². The van der Waals surface area contributed by atoms with E-state index < -0.39 is 0 Å². The number of benzene rings is 2. The maximum absolute atomic E-state index is 5.91. The van der Waals surface area contributed by atoms with Gasteiger partial charge in [0.05, 0.1) is 6.54 Å². The van der Waals surface area contributed by atoms with Crippen molar-refractivity contribution >= 4 is 11.0 Å². The van der Waals surface area contributed by atoms with Crippen LogP contribution < -0.4 is 9.30 Å². The molecule has 1 heterocycles. The molecule has 0 bridgehead atoms. The average Bonchev–Trinajstić information content (AvgIpc) is 2.85. The van der Waals surface area contributed by atoms with Crippen LogP contribution >= 0.6 is 0 Å². The Morgan fingerprint density at radius 1 is 1.05 bits per heavy atom. The summed E-state index contributed by atoms with van der Waals surface area (Å²) >= 11 is 0. The number of imidazole rings is 1. The molecule has 2 aromatic carbocycles. The van der Waals surface area contributed by atoms with Gasteiger partial charge in [-0.3, -0.25) is 0 Å². The highest BCUT2D eigenvalue weighted by atomic mass is 16.5. The molecule has 3 heteroatoms. The molecule has 0 fully saturated rings. The quantitative estimate of drug-likeness (QED) is 0.709. The Balaban J connectivity index is 1.85. The summed E-state index contributed by atoms with van der Waals surface area (Å²) < 4.78 is 8.22. The molecule has 3 rings (SSSR count). The second-order valence-electron chi connectivity index (χ2n) is 5.34. The van der Waals surface area contributed by atoms with Gasteiger partial charge in [0.1, 0.15) is 5.75 Å². The minimum Gasteiger partial charge on any atom is -0.481 e. The van der Waals surface area contributed by atoms with Crippen molar-refractivity contribution in [1.82, 2.24) is 4.98 Å². The minimum atomic E-state index is 0.553. The van der Waals surface area contributed by atoms with E-state index in [0.717, 1.165) is 30.1 Å². The number of ether oxygens (including phenoxy) is 1. The Morgan fingerprint density at radius 2 is 1.81 bits per heavy atom. The van der Waals surface area contributed by atoms with Crippen molar-refractivity contribution in [1.29, 1.82) is 0 Å². The second-order valence-corrected chi connectivity index (χ2v) is 5.34. The van der Waals surface area contributed by atoms with Gasteiger partial charge in [0.25, 0.3) is 5.82 Å². The van der Waals surface area contributed by atoms with Crippen LogP contribution in [0.15, 0.2) is 48.5 Å². The van der Waals surface area contributed by atoms with Crippen molar-refractivity contribution in [3.63, 3.8) is 0 Å². The van der Waals surface area contributed by atoms with Crippen LogP contribution in [0.25, 0.3) is 11.0 Å². The van der Waals surface area contributed by atoms with Crippen molar-refractivity contribution in [2.45, 2.75) is 33.4 Å². The fourth-order valence-electron chi connectivity index (χ4n) is 2.56. The lowest BCUT2D eigenvalue weighted by molar-refractivity contribution is -0.680. The van der Waals surface area contributed by atoms with Crippen LogP contribution in [0.3, 0.4) is 0 Å². The van der Waals surface area contributed by atoms with Crippen LogP contribution in [0.1, 0.15) is 24.7 Å². The number of aromatic amines is 1. The number of H-pyrrole nitrogens is 1. The lowest BCUT2D eigenvalue weighted by Crippen LogP contribution is -2.37. The van der Waals surface area contributed by atoms with Gasteiger partial charge in [0, 0.05) is 0 Å². The fourth-order valence-corrected chi connectivity index (χ4v) is 2.56. The van der Waals surface area contributed by atoms with Crippen LogP contribution in [-0.4, -0.2) is 4.98 Å². The molecule has 21 heavy (non-hydrogen) atoms. The highest BCUT2D eigenvalue weighted by molar-refractivity contribution is 5.70. The van der Waals surface area contributed by atoms with Gasteiger partial charge in [-0.25, -0.2) is 9.55 Å². The minimum absolute atomic E-state index is 0.553. The Bertz CT molecular complexity index is 729. The molecule has 0 radical (unpaired) electrons. The van der Waals surface area contributed by atoms with Crippen molar-refractivity contribution in [3.8, 4) is 5.75 Å². The van der Waals surface area contributed by atoms with Crippen LogP contribution in [0.2, 0.25) is 0 Å². The molecule has 3 nitrogen and oxygen atoms in total. The maximum atomic E-state index is 5.91. The van der Waals surface area contributed by atoms with E-state index in [1.54, 1.807) is 0 Å². The van der Waals surface area contributed by atoms with Crippen molar-refractivity contribution in [2.24, 2.45) is 0 Å². The molecule has 0 aliphatic carbocycles. The fraction of sp³-hybridized carbons (Fsp3) is 0.278. The van der Waals surface area contributed by atoms with Gasteiger partial charge in [-0.2, -0.15) is 0 Å². The lowest BCUT2D eigenvalue weighted by Gasteiger charge is -2.04. The Labute approximate surface area is 125 Å². The van der Waals surface area contributed by atoms with E-state index in [2.05, 4.69) is 59.8 Å². The summed E-state index contributed by atoms with van der Waals surface area (Å²) in [5.74, 6) is 2.01. The van der Waals surface area contributed by atoms with Crippen LogP contribution in [-0.2, 0) is 13.2 Å². The third-order valence-electron chi connectivity index (χ3n) is 3.64. The number of aryl methyl sites for hydroxylation is 2. The Morgan fingerprint density at radius 3 is 2.57 bits per heavy atom. The molecule has 0 aliphatic heterocycles. The molecule has 0 spiro atoms. The van der Waals surface area contributed by atoms with E-state index >= 15 is 0 Å². The topological polar surface area (TPSA) is 28.9 Å². The summed E-state index contributed by atoms with van der Waals surface area (Å²) in [6, 6.07) is 16.6. The van der Waals surface area contributed by atoms with Gasteiger partial charge in [0.15, 0.2) is 17.6 Å². The molecule has 0 aliphatic rings. The summed E-state index contributed by atoms with van der Waals surface area (Å²) in [6.07, 6.45) is 1.10. The van der Waals surface area contributed by atoms with Gasteiger partial charge < -0.3 is 4.74 Å². The predicted molar refractivity (Wildman–Crippen MR) is 84.3 cm³/mol. The van der Waals surface area contributed by atoms with Gasteiger partial charge in [-0.1, -0.05) is 36.8 Å². The molecule has 0 saturated carbocycles. The van der Waals surface area contributed by atoms with Gasteiger partial charge >= 0.3 is 0 Å². The average molecular weight is 281 g/mol. The largest absolute Gasteiger partial charge is 0.481 e. The molecule has 0 unspecified atom stereocenters. The standard InChI is InChI=1S/C18H20N2O/c1-3-12-20-17-7-5-4-6-16(17)19-18(20)13-21-15-10-8-14(2)9-11-15/h4-11H,3,12-13H2,1-2H3/p+1. The van der Waals surface area contributed by atoms with E-state index in [9.17, 15) is 0 Å². The predicted octanol–water partition coefficient (Wildman–Crippen LogP) is 3.75. The van der Waals surface area contributed by atoms with Crippen LogP contribution in [0.4, 0.5) is 0 Å². The van der Waals surface area contributed by atoms with E-state index in [1.165, 1.54) is 11.1 Å². The number of hydrogen-bond donors (Lipinski definition) is 1. The molecule has 3 aromatic rings. The summed E-state index contributed by atoms with van der Waals surface area (Å²) in [4.78, 5) is 3.47. The highest BCUT2D eigenvalue weighted by Crippen LogP contribution is 2.14. The molecule has 0 atom stereocenters. The number of hydrogen-bond acceptors (Lipinski definition) is 1. The van der Waals surface area contributed by atoms with E-state index in [4.69, 9.17) is 4.74 Å². The monoisotopic (exact) mass is 281 g/mol. The Kier molecular flexibility index (Phi) is 3.91. The first-order valence-electron chi connectivity index (χ1n) is 7.47. The summed E-state index contributed by atoms with van der Waals surface area (Å²) in [7, 11) is 0. The number of fused-ring (bicyclic) bond motifs is 1. The number of rotatable bonds is 5. The molecule has 0 amide bonds. The summed E-state index contributed by atoms with van der Waals surface area (Å²) in [5, 5.41) is 0. The second kappa shape index (κ2) is 6.00. The van der Waals surface area contributed by atoms with E-state index in [0.29, 0.717) is 6.61 Å². The molecular weight excluding hydrogens is 260 g/mol. The maximum Gasteiger partial charge on any atom is 0.293 e. The number of para-hydroxylation sites is 2. The lowest BCUT2D eigenvalue weighted by atomic mass is 10.2. The van der Waals surface area contributed by atoms with Crippen molar-refractivity contribution in [3.05, 3.63) is 59.9 Å². The first-order chi connectivity index (χ1) is 10.3. The molecule has 108 valence electrons. The number of aromatic nitrogens is 2. The smallest absolute Gasteiger partial charge is 0.293 e. The zero-order valence-corrected chi connectivity index (χ0v) is 12.6. The summed E-state index contributed by atoms with van der Waals surface area (Å²) in [5.41, 5.74) is 3.64. The van der Waals surface area contributed by atoms with E-state index in [1.807, 2.05) is 12.1 Å². The molecular formula is C18H21N2O+. The van der Waals surface area contributed by atoms with Crippen LogP contribution in [0, 0.1) is 6.92 Å². The third-order valence-corrected chi connectivity index (χ3v) is 3.64. The van der Waals surface area contributed by atoms with E-state index in [-0.39, 0.29) is 0 Å². The zero-order valence-electron chi connectivity index (χ0n) is 12.6. The highest BCUT2D eigenvalue weighted by Gasteiger charge is 2.17. The normalized spacial score (nSPS) is 11.0. The Hall–Kier alpha value is -2.29. The van der Waals surface area contributed by atoms with Gasteiger partial charge in [0.2, 0.25) is 0 Å². The number of nitrogens with one attached hydrogen (secondary N) is 1. The van der Waals surface area contributed by atoms with Gasteiger partial charge in [-0.05, 0) is 37.6 Å². The number of nitrogens with zero attached hydrogens (tertiary/aromatic N) is 1. The van der Waals surface area contributed by atoms with Gasteiger partial charge in [-0.15, -0.1) is 0 Å². The summed E-state index contributed by atoms with van der Waals surface area (Å²) in [6.45, 7) is 5.82. The first kappa shape index (κ1) is 13.7. The molecule has 0 saturated heterocycles. The SMILES string of the molecule is CCC[n+]1c(COc2ccc(C)cc2)[nH]c2ccccc21. The first-order valence-corrected chi connectivity index (χ1v) is 7.47. The third kappa shape index (κ3) is 2.92. The molecule has 1 aromatic heterocycles. The van der Waals surface area contributed by atoms with Crippen LogP contribution in [0.5, 0.6) is 5.75 Å².